The van der Waals surface area contributed by atoms with Crippen LogP contribution in [0.1, 0.15) is 40.0 Å². The smallest absolute Gasteiger partial charge is 0.223 e. The molecule has 1 amide bonds. The monoisotopic (exact) mass is 281 g/mol. The Morgan fingerprint density at radius 1 is 1.00 bits per heavy atom. The molecule has 0 saturated carbocycles. The molecule has 2 aliphatic rings. The van der Waals surface area contributed by atoms with E-state index in [-0.39, 0.29) is 5.41 Å². The highest BCUT2D eigenvalue weighted by Crippen LogP contribution is 2.23. The van der Waals surface area contributed by atoms with Crippen molar-refractivity contribution < 1.29 is 4.79 Å². The summed E-state index contributed by atoms with van der Waals surface area (Å²) in [6, 6.07) is 0.697. The van der Waals surface area contributed by atoms with Gasteiger partial charge in [0.05, 0.1) is 0 Å². The third-order valence-electron chi connectivity index (χ3n) is 4.55. The SMILES string of the molecule is CN1CCN(C2CCN(C(=O)CC(C)(C)C)CC2)CC1. The fourth-order valence-electron chi connectivity index (χ4n) is 3.23. The molecule has 2 fully saturated rings. The molecule has 4 heteroatoms. The van der Waals surface area contributed by atoms with Crippen molar-refractivity contribution in [2.24, 2.45) is 5.41 Å². The first-order valence-electron chi connectivity index (χ1n) is 8.05. The molecular formula is C16H31N3O. The molecule has 0 aliphatic carbocycles. The zero-order valence-corrected chi connectivity index (χ0v) is 13.7. The number of piperidine rings is 1. The Morgan fingerprint density at radius 2 is 1.55 bits per heavy atom. The molecule has 0 atom stereocenters. The van der Waals surface area contributed by atoms with Crippen LogP contribution in [-0.4, -0.2) is 73.0 Å². The average molecular weight is 281 g/mol. The fraction of sp³-hybridized carbons (Fsp3) is 0.938. The van der Waals surface area contributed by atoms with Gasteiger partial charge in [-0.05, 0) is 25.3 Å². The van der Waals surface area contributed by atoms with Gasteiger partial charge in [-0.3, -0.25) is 9.69 Å². The lowest BCUT2D eigenvalue weighted by atomic mass is 9.91. The predicted octanol–water partition coefficient (Wildman–Crippen LogP) is 1.66. The Balaban J connectivity index is 1.76. The van der Waals surface area contributed by atoms with Crippen LogP contribution in [-0.2, 0) is 4.79 Å². The van der Waals surface area contributed by atoms with Gasteiger partial charge in [-0.15, -0.1) is 0 Å². The van der Waals surface area contributed by atoms with Crippen molar-refractivity contribution in [1.82, 2.24) is 14.7 Å². The van der Waals surface area contributed by atoms with Crippen LogP contribution in [0.4, 0.5) is 0 Å². The lowest BCUT2D eigenvalue weighted by Crippen LogP contribution is -2.53. The Hall–Kier alpha value is -0.610. The van der Waals surface area contributed by atoms with Gasteiger partial charge in [0.2, 0.25) is 5.91 Å². The van der Waals surface area contributed by atoms with Crippen molar-refractivity contribution in [2.75, 3.05) is 46.3 Å². The number of piperazine rings is 1. The molecule has 0 bridgehead atoms. The van der Waals surface area contributed by atoms with Crippen molar-refractivity contribution in [3.05, 3.63) is 0 Å². The van der Waals surface area contributed by atoms with Gasteiger partial charge in [-0.2, -0.15) is 0 Å². The third-order valence-corrected chi connectivity index (χ3v) is 4.55. The molecule has 0 aromatic carbocycles. The van der Waals surface area contributed by atoms with E-state index in [2.05, 4.69) is 42.5 Å². The highest BCUT2D eigenvalue weighted by atomic mass is 16.2. The zero-order chi connectivity index (χ0) is 14.8. The molecule has 0 N–H and O–H groups in total. The maximum Gasteiger partial charge on any atom is 0.223 e. The molecule has 20 heavy (non-hydrogen) atoms. The van der Waals surface area contributed by atoms with Gasteiger partial charge in [-0.25, -0.2) is 0 Å². The van der Waals surface area contributed by atoms with Crippen LogP contribution in [0.25, 0.3) is 0 Å². The minimum Gasteiger partial charge on any atom is -0.343 e. The third kappa shape index (κ3) is 4.45. The topological polar surface area (TPSA) is 26.8 Å². The Labute approximate surface area is 124 Å². The molecule has 0 aromatic heterocycles. The summed E-state index contributed by atoms with van der Waals surface area (Å²) in [7, 11) is 2.20. The molecule has 116 valence electrons. The Kier molecular flexibility index (Phi) is 5.08. The summed E-state index contributed by atoms with van der Waals surface area (Å²) in [5.41, 5.74) is 0.103. The maximum absolute atomic E-state index is 12.2. The standard InChI is InChI=1S/C16H31N3O/c1-16(2,3)13-15(20)19-7-5-14(6-8-19)18-11-9-17(4)10-12-18/h14H,5-13H2,1-4H3. The summed E-state index contributed by atoms with van der Waals surface area (Å²) < 4.78 is 0. The van der Waals surface area contributed by atoms with E-state index in [4.69, 9.17) is 0 Å². The quantitative estimate of drug-likeness (QED) is 0.770. The van der Waals surface area contributed by atoms with Crippen LogP contribution in [0.15, 0.2) is 0 Å². The van der Waals surface area contributed by atoms with Crippen molar-refractivity contribution in [1.29, 1.82) is 0 Å². The second-order valence-corrected chi connectivity index (χ2v) is 7.69. The number of rotatable bonds is 2. The fourth-order valence-corrected chi connectivity index (χ4v) is 3.23. The lowest BCUT2D eigenvalue weighted by Gasteiger charge is -2.42. The number of likely N-dealkylation sites (tertiary alicyclic amines) is 1. The van der Waals surface area contributed by atoms with Crippen LogP contribution in [0, 0.1) is 5.41 Å². The number of hydrogen-bond acceptors (Lipinski definition) is 3. The number of carbonyl (C=O) groups is 1. The van der Waals surface area contributed by atoms with Gasteiger partial charge in [0.1, 0.15) is 0 Å². The first kappa shape index (κ1) is 15.8. The van der Waals surface area contributed by atoms with E-state index in [9.17, 15) is 4.79 Å². The highest BCUT2D eigenvalue weighted by Gasteiger charge is 2.29. The van der Waals surface area contributed by atoms with E-state index < -0.39 is 0 Å². The summed E-state index contributed by atoms with van der Waals surface area (Å²) in [6.07, 6.45) is 2.98. The number of amides is 1. The van der Waals surface area contributed by atoms with Crippen molar-refractivity contribution in [3.63, 3.8) is 0 Å². The second kappa shape index (κ2) is 6.44. The number of likely N-dealkylation sites (N-methyl/N-ethyl adjacent to an activating group) is 1. The predicted molar refractivity (Wildman–Crippen MR) is 82.7 cm³/mol. The molecule has 2 saturated heterocycles. The average Bonchev–Trinajstić information content (AvgIpc) is 2.38. The van der Waals surface area contributed by atoms with Crippen LogP contribution < -0.4 is 0 Å². The summed E-state index contributed by atoms with van der Waals surface area (Å²) in [4.78, 5) is 19.4. The molecule has 0 radical (unpaired) electrons. The summed E-state index contributed by atoms with van der Waals surface area (Å²) in [5.74, 6) is 0.342. The van der Waals surface area contributed by atoms with Gasteiger partial charge in [-0.1, -0.05) is 20.8 Å². The van der Waals surface area contributed by atoms with Crippen LogP contribution >= 0.6 is 0 Å². The van der Waals surface area contributed by atoms with Gasteiger partial charge in [0.25, 0.3) is 0 Å². The number of nitrogens with zero attached hydrogens (tertiary/aromatic N) is 3. The van der Waals surface area contributed by atoms with E-state index in [1.165, 1.54) is 26.2 Å². The minimum absolute atomic E-state index is 0.103. The minimum atomic E-state index is 0.103. The first-order chi connectivity index (χ1) is 9.35. The van der Waals surface area contributed by atoms with E-state index >= 15 is 0 Å². The van der Waals surface area contributed by atoms with Gasteiger partial charge in [0.15, 0.2) is 0 Å². The molecule has 2 rings (SSSR count). The maximum atomic E-state index is 12.2. The van der Waals surface area contributed by atoms with E-state index in [0.717, 1.165) is 25.9 Å². The molecule has 2 heterocycles. The van der Waals surface area contributed by atoms with E-state index in [1.807, 2.05) is 0 Å². The lowest BCUT2D eigenvalue weighted by molar-refractivity contribution is -0.134. The molecule has 0 unspecified atom stereocenters. The van der Waals surface area contributed by atoms with E-state index in [1.54, 1.807) is 0 Å². The van der Waals surface area contributed by atoms with E-state index in [0.29, 0.717) is 18.4 Å². The summed E-state index contributed by atoms with van der Waals surface area (Å²) in [6.45, 7) is 13.1. The normalized spacial score (nSPS) is 24.1. The van der Waals surface area contributed by atoms with Crippen LogP contribution in [0.2, 0.25) is 0 Å². The van der Waals surface area contributed by atoms with Crippen molar-refractivity contribution in [2.45, 2.75) is 46.1 Å². The largest absolute Gasteiger partial charge is 0.343 e. The summed E-state index contributed by atoms with van der Waals surface area (Å²) in [5, 5.41) is 0. The van der Waals surface area contributed by atoms with Crippen LogP contribution in [0.3, 0.4) is 0 Å². The van der Waals surface area contributed by atoms with Gasteiger partial charge < -0.3 is 9.80 Å². The summed E-state index contributed by atoms with van der Waals surface area (Å²) >= 11 is 0. The Morgan fingerprint density at radius 3 is 2.05 bits per heavy atom. The molecular weight excluding hydrogens is 250 g/mol. The molecule has 0 spiro atoms. The zero-order valence-electron chi connectivity index (χ0n) is 13.7. The molecule has 4 nitrogen and oxygen atoms in total. The van der Waals surface area contributed by atoms with Crippen LogP contribution in [0.5, 0.6) is 0 Å². The molecule has 2 aliphatic heterocycles. The number of hydrogen-bond donors (Lipinski definition) is 0. The Bertz CT molecular complexity index is 321. The second-order valence-electron chi connectivity index (χ2n) is 7.69. The first-order valence-corrected chi connectivity index (χ1v) is 8.05. The van der Waals surface area contributed by atoms with Crippen molar-refractivity contribution >= 4 is 5.91 Å². The van der Waals surface area contributed by atoms with Crippen molar-refractivity contribution in [3.8, 4) is 0 Å². The highest BCUT2D eigenvalue weighted by molar-refractivity contribution is 5.76. The molecule has 0 aromatic rings. The number of carbonyl (C=O) groups excluding carboxylic acids is 1. The van der Waals surface area contributed by atoms with Gasteiger partial charge >= 0.3 is 0 Å². The van der Waals surface area contributed by atoms with Gasteiger partial charge in [0, 0.05) is 51.7 Å².